The fourth-order valence-electron chi connectivity index (χ4n) is 1.28. The molecule has 0 aromatic heterocycles. The van der Waals surface area contributed by atoms with Crippen LogP contribution < -0.4 is 5.32 Å². The first kappa shape index (κ1) is 16.8. The molecule has 0 aliphatic rings. The molecule has 2 N–H and O–H groups in total. The lowest BCUT2D eigenvalue weighted by Gasteiger charge is -2.11. The van der Waals surface area contributed by atoms with Gasteiger partial charge in [-0.25, -0.2) is 0 Å². The highest BCUT2D eigenvalue weighted by Gasteiger charge is 1.99. The SMILES string of the molecule is COCCOCCOCCNCC(C)CCO. The molecule has 0 heterocycles. The molecule has 0 aromatic rings. The van der Waals surface area contributed by atoms with Crippen molar-refractivity contribution in [1.29, 1.82) is 0 Å². The van der Waals surface area contributed by atoms with Gasteiger partial charge in [0, 0.05) is 20.3 Å². The van der Waals surface area contributed by atoms with E-state index in [0.717, 1.165) is 19.5 Å². The quantitative estimate of drug-likeness (QED) is 0.459. The summed E-state index contributed by atoms with van der Waals surface area (Å²) in [5, 5.41) is 12.0. The van der Waals surface area contributed by atoms with Gasteiger partial charge in [0.05, 0.1) is 33.0 Å². The topological polar surface area (TPSA) is 60.0 Å². The van der Waals surface area contributed by atoms with Gasteiger partial charge in [0.2, 0.25) is 0 Å². The number of nitrogens with one attached hydrogen (secondary N) is 1. The molecule has 0 spiro atoms. The van der Waals surface area contributed by atoms with E-state index in [1.165, 1.54) is 0 Å². The molecule has 1 atom stereocenters. The van der Waals surface area contributed by atoms with E-state index >= 15 is 0 Å². The van der Waals surface area contributed by atoms with Gasteiger partial charge in [-0.1, -0.05) is 6.92 Å². The standard InChI is InChI=1S/C12H27NO4/c1-12(3-5-14)11-13-4-6-16-9-10-17-8-7-15-2/h12-14H,3-11H2,1-2H3. The molecule has 0 fully saturated rings. The van der Waals surface area contributed by atoms with E-state index in [1.807, 2.05) is 0 Å². The first-order valence-corrected chi connectivity index (χ1v) is 6.27. The van der Waals surface area contributed by atoms with Crippen LogP contribution in [0, 0.1) is 5.92 Å². The highest BCUT2D eigenvalue weighted by atomic mass is 16.5. The molecular weight excluding hydrogens is 222 g/mol. The van der Waals surface area contributed by atoms with Crippen molar-refractivity contribution in [3.8, 4) is 0 Å². The van der Waals surface area contributed by atoms with Crippen LogP contribution in [0.25, 0.3) is 0 Å². The maximum atomic E-state index is 8.72. The summed E-state index contributed by atoms with van der Waals surface area (Å²) in [6.45, 7) is 7.33. The maximum Gasteiger partial charge on any atom is 0.0701 e. The van der Waals surface area contributed by atoms with Gasteiger partial charge in [-0.3, -0.25) is 0 Å². The predicted molar refractivity (Wildman–Crippen MR) is 67.3 cm³/mol. The van der Waals surface area contributed by atoms with Crippen LogP contribution in [0.1, 0.15) is 13.3 Å². The van der Waals surface area contributed by atoms with E-state index < -0.39 is 0 Å². The molecule has 0 aliphatic heterocycles. The lowest BCUT2D eigenvalue weighted by Crippen LogP contribution is -2.26. The van der Waals surface area contributed by atoms with Crippen molar-refractivity contribution in [2.45, 2.75) is 13.3 Å². The first-order chi connectivity index (χ1) is 8.31. The summed E-state index contributed by atoms with van der Waals surface area (Å²) in [6, 6.07) is 0. The Morgan fingerprint density at radius 3 is 2.35 bits per heavy atom. The molecule has 0 saturated carbocycles. The molecule has 17 heavy (non-hydrogen) atoms. The van der Waals surface area contributed by atoms with Crippen molar-refractivity contribution in [2.24, 2.45) is 5.92 Å². The molecule has 5 heteroatoms. The molecular formula is C12H27NO4. The lowest BCUT2D eigenvalue weighted by molar-refractivity contribution is 0.0255. The minimum atomic E-state index is 0.262. The van der Waals surface area contributed by atoms with E-state index in [2.05, 4.69) is 12.2 Å². The minimum Gasteiger partial charge on any atom is -0.396 e. The van der Waals surface area contributed by atoms with Gasteiger partial charge in [-0.15, -0.1) is 0 Å². The number of methoxy groups -OCH3 is 1. The molecule has 0 aliphatic carbocycles. The van der Waals surface area contributed by atoms with E-state index in [1.54, 1.807) is 7.11 Å². The Morgan fingerprint density at radius 2 is 1.71 bits per heavy atom. The highest BCUT2D eigenvalue weighted by Crippen LogP contribution is 1.97. The number of rotatable bonds is 13. The zero-order valence-electron chi connectivity index (χ0n) is 11.1. The van der Waals surface area contributed by atoms with Crippen LogP contribution in [-0.2, 0) is 14.2 Å². The molecule has 0 saturated heterocycles. The van der Waals surface area contributed by atoms with Crippen LogP contribution in [0.15, 0.2) is 0 Å². The highest BCUT2D eigenvalue weighted by molar-refractivity contribution is 4.55. The predicted octanol–water partition coefficient (Wildman–Crippen LogP) is 0.274. The number of aliphatic hydroxyl groups excluding tert-OH is 1. The Hall–Kier alpha value is -0.200. The smallest absolute Gasteiger partial charge is 0.0701 e. The zero-order chi connectivity index (χ0) is 12.8. The van der Waals surface area contributed by atoms with Crippen molar-refractivity contribution in [1.82, 2.24) is 5.32 Å². The molecule has 0 radical (unpaired) electrons. The normalized spacial score (nSPS) is 12.9. The molecule has 1 unspecified atom stereocenters. The summed E-state index contributed by atoms with van der Waals surface area (Å²) in [5.74, 6) is 0.511. The Labute approximate surface area is 104 Å². The molecule has 0 aromatic carbocycles. The summed E-state index contributed by atoms with van der Waals surface area (Å²) in [7, 11) is 1.66. The van der Waals surface area contributed by atoms with Gasteiger partial charge >= 0.3 is 0 Å². The van der Waals surface area contributed by atoms with Crippen LogP contribution >= 0.6 is 0 Å². The largest absolute Gasteiger partial charge is 0.396 e. The van der Waals surface area contributed by atoms with Gasteiger partial charge in [0.25, 0.3) is 0 Å². The van der Waals surface area contributed by atoms with Crippen LogP contribution in [0.3, 0.4) is 0 Å². The van der Waals surface area contributed by atoms with Gasteiger partial charge < -0.3 is 24.6 Å². The van der Waals surface area contributed by atoms with Crippen molar-refractivity contribution in [2.75, 3.05) is 59.8 Å². The molecule has 104 valence electrons. The van der Waals surface area contributed by atoms with Gasteiger partial charge in [-0.2, -0.15) is 0 Å². The fourth-order valence-corrected chi connectivity index (χ4v) is 1.28. The van der Waals surface area contributed by atoms with Crippen molar-refractivity contribution in [3.05, 3.63) is 0 Å². The second-order valence-corrected chi connectivity index (χ2v) is 4.04. The second-order valence-electron chi connectivity index (χ2n) is 4.04. The lowest BCUT2D eigenvalue weighted by atomic mass is 10.1. The Morgan fingerprint density at radius 1 is 1.06 bits per heavy atom. The van der Waals surface area contributed by atoms with Crippen LogP contribution in [0.5, 0.6) is 0 Å². The van der Waals surface area contributed by atoms with Crippen molar-refractivity contribution >= 4 is 0 Å². The van der Waals surface area contributed by atoms with E-state index in [4.69, 9.17) is 19.3 Å². The monoisotopic (exact) mass is 249 g/mol. The number of hydrogen-bond acceptors (Lipinski definition) is 5. The Kier molecular flexibility index (Phi) is 13.7. The molecule has 5 nitrogen and oxygen atoms in total. The van der Waals surface area contributed by atoms with Gasteiger partial charge in [0.1, 0.15) is 0 Å². The van der Waals surface area contributed by atoms with E-state index in [0.29, 0.717) is 39.0 Å². The number of aliphatic hydroxyl groups is 1. The Balaban J connectivity index is 2.98. The van der Waals surface area contributed by atoms with Crippen LogP contribution in [0.4, 0.5) is 0 Å². The summed E-state index contributed by atoms with van der Waals surface area (Å²) in [5.41, 5.74) is 0. The minimum absolute atomic E-state index is 0.262. The molecule has 0 amide bonds. The second kappa shape index (κ2) is 13.9. The van der Waals surface area contributed by atoms with Crippen molar-refractivity contribution < 1.29 is 19.3 Å². The first-order valence-electron chi connectivity index (χ1n) is 6.27. The molecule has 0 bridgehead atoms. The van der Waals surface area contributed by atoms with E-state index in [-0.39, 0.29) is 6.61 Å². The maximum absolute atomic E-state index is 8.72. The van der Waals surface area contributed by atoms with Crippen LogP contribution in [0.2, 0.25) is 0 Å². The zero-order valence-corrected chi connectivity index (χ0v) is 11.1. The third-order valence-corrected chi connectivity index (χ3v) is 2.34. The fraction of sp³-hybridized carbons (Fsp3) is 1.00. The number of ether oxygens (including phenoxy) is 3. The summed E-state index contributed by atoms with van der Waals surface area (Å²) < 4.78 is 15.5. The van der Waals surface area contributed by atoms with Gasteiger partial charge in [-0.05, 0) is 18.9 Å². The number of hydrogen-bond donors (Lipinski definition) is 2. The van der Waals surface area contributed by atoms with Crippen LogP contribution in [-0.4, -0.2) is 64.9 Å². The Bertz CT molecular complexity index is 146. The average molecular weight is 249 g/mol. The third kappa shape index (κ3) is 13.7. The molecule has 0 rings (SSSR count). The summed E-state index contributed by atoms with van der Waals surface area (Å²) >= 11 is 0. The van der Waals surface area contributed by atoms with Gasteiger partial charge in [0.15, 0.2) is 0 Å². The third-order valence-electron chi connectivity index (χ3n) is 2.34. The van der Waals surface area contributed by atoms with E-state index in [9.17, 15) is 0 Å². The average Bonchev–Trinajstić information content (AvgIpc) is 2.32. The summed E-state index contributed by atoms with van der Waals surface area (Å²) in [6.07, 6.45) is 0.848. The van der Waals surface area contributed by atoms with Crippen molar-refractivity contribution in [3.63, 3.8) is 0 Å². The summed E-state index contributed by atoms with van der Waals surface area (Å²) in [4.78, 5) is 0.